The number of benzene rings is 1. The number of fused-ring (bicyclic) bond motifs is 2. The highest BCUT2D eigenvalue weighted by Crippen LogP contribution is 2.47. The molecule has 1 saturated heterocycles. The molecule has 3 aromatic heterocycles. The molecule has 9 nitrogen and oxygen atoms in total. The van der Waals surface area contributed by atoms with Crippen molar-refractivity contribution in [3.63, 3.8) is 0 Å². The number of rotatable bonds is 6. The first-order valence-electron chi connectivity index (χ1n) is 14.9. The number of nitrogens with zero attached hydrogens (tertiary/aromatic N) is 6. The number of aliphatic hydroxyl groups is 1. The molecule has 0 bridgehead atoms. The number of anilines is 3. The number of carbonyl (C=O) groups excluding carboxylic acids is 1. The maximum absolute atomic E-state index is 14.6. The maximum atomic E-state index is 14.6. The van der Waals surface area contributed by atoms with Gasteiger partial charge in [0.1, 0.15) is 5.52 Å². The molecule has 1 atom stereocenters. The summed E-state index contributed by atoms with van der Waals surface area (Å²) in [5, 5.41) is 14.4. The van der Waals surface area contributed by atoms with Crippen LogP contribution in [0.25, 0.3) is 22.3 Å². The minimum atomic E-state index is -1.58. The van der Waals surface area contributed by atoms with Crippen LogP contribution >= 0.6 is 0 Å². The zero-order chi connectivity index (χ0) is 29.2. The standard InChI is InChI=1S/C32H36FN7O2/c1-19(2)39-18-35-27-16-26(37-30(29(27)39)36-25-9-10-34-17-24(25)33)20-7-8-23-28(13-20)40(31(41)32(23,3)42)22-14-21(15-22)38-11-5-4-6-12-38/h7-10,13,16-19,21-22,42H,4-6,11-12,14-15H2,1-3H3,(H,34,36,37)/t21-,22+,32-/m1/s1. The number of likely N-dealkylation sites (tertiary alicyclic amines) is 1. The van der Waals surface area contributed by atoms with Crippen molar-refractivity contribution in [1.82, 2.24) is 24.4 Å². The Bertz CT molecular complexity index is 1670. The second kappa shape index (κ2) is 10.1. The fourth-order valence-corrected chi connectivity index (χ4v) is 6.77. The first-order valence-corrected chi connectivity index (χ1v) is 14.9. The van der Waals surface area contributed by atoms with Gasteiger partial charge in [-0.25, -0.2) is 14.4 Å². The van der Waals surface area contributed by atoms with Gasteiger partial charge in [0.05, 0.1) is 35.1 Å². The minimum Gasteiger partial charge on any atom is -0.375 e. The van der Waals surface area contributed by atoms with Crippen molar-refractivity contribution in [2.24, 2.45) is 0 Å². The molecule has 1 saturated carbocycles. The Morgan fingerprint density at radius 3 is 2.62 bits per heavy atom. The van der Waals surface area contributed by atoms with Crippen molar-refractivity contribution in [2.75, 3.05) is 23.3 Å². The monoisotopic (exact) mass is 569 g/mol. The summed E-state index contributed by atoms with van der Waals surface area (Å²) in [5.74, 6) is -0.278. The summed E-state index contributed by atoms with van der Waals surface area (Å²) in [5.41, 5.74) is 2.93. The van der Waals surface area contributed by atoms with E-state index >= 15 is 0 Å². The van der Waals surface area contributed by atoms with Gasteiger partial charge in [0.15, 0.2) is 17.2 Å². The fourth-order valence-electron chi connectivity index (χ4n) is 6.77. The lowest BCUT2D eigenvalue weighted by atomic mass is 9.83. The lowest BCUT2D eigenvalue weighted by Crippen LogP contribution is -2.57. The summed E-state index contributed by atoms with van der Waals surface area (Å²) in [4.78, 5) is 31.4. The molecule has 0 unspecified atom stereocenters. The zero-order valence-corrected chi connectivity index (χ0v) is 24.2. The average molecular weight is 570 g/mol. The van der Waals surface area contributed by atoms with Gasteiger partial charge < -0.3 is 24.8 Å². The van der Waals surface area contributed by atoms with Gasteiger partial charge in [-0.1, -0.05) is 18.6 Å². The largest absolute Gasteiger partial charge is 0.375 e. The number of hydrogen-bond acceptors (Lipinski definition) is 7. The molecule has 2 aliphatic heterocycles. The highest BCUT2D eigenvalue weighted by Gasteiger charge is 2.51. The number of aromatic nitrogens is 4. The lowest BCUT2D eigenvalue weighted by molar-refractivity contribution is -0.135. The second-order valence-electron chi connectivity index (χ2n) is 12.3. The molecule has 1 aliphatic carbocycles. The average Bonchev–Trinajstić information content (AvgIpc) is 3.47. The van der Waals surface area contributed by atoms with E-state index in [0.29, 0.717) is 23.1 Å². The number of piperidine rings is 1. The minimum absolute atomic E-state index is 0.0523. The molecule has 1 amide bonds. The van der Waals surface area contributed by atoms with Crippen molar-refractivity contribution < 1.29 is 14.3 Å². The molecule has 2 fully saturated rings. The highest BCUT2D eigenvalue weighted by atomic mass is 19.1. The third-order valence-corrected chi connectivity index (χ3v) is 9.21. The quantitative estimate of drug-likeness (QED) is 0.315. The number of amides is 1. The van der Waals surface area contributed by atoms with E-state index in [1.807, 2.05) is 33.7 Å². The Morgan fingerprint density at radius 1 is 1.10 bits per heavy atom. The van der Waals surface area contributed by atoms with E-state index in [1.54, 1.807) is 19.3 Å². The number of imidazole rings is 1. The van der Waals surface area contributed by atoms with Gasteiger partial charge in [-0.05, 0) is 77.7 Å². The SMILES string of the molecule is CC(C)n1cnc2cc(-c3ccc4c(c3)N([C@H]3C[C@@H](N5CCCCC5)C3)C(=O)[C@]4(C)O)nc(Nc3ccncc3F)c21. The van der Waals surface area contributed by atoms with E-state index in [2.05, 4.69) is 34.0 Å². The van der Waals surface area contributed by atoms with E-state index in [-0.39, 0.29) is 23.7 Å². The molecular formula is C32H36FN7O2. The normalized spacial score (nSPS) is 24.3. The molecule has 0 radical (unpaired) electrons. The molecule has 3 aliphatic rings. The van der Waals surface area contributed by atoms with Crippen LogP contribution < -0.4 is 10.2 Å². The van der Waals surface area contributed by atoms with Gasteiger partial charge in [0.25, 0.3) is 5.91 Å². The number of hydrogen-bond donors (Lipinski definition) is 2. The number of pyridine rings is 2. The predicted octanol–water partition coefficient (Wildman–Crippen LogP) is 5.53. The van der Waals surface area contributed by atoms with Crippen LogP contribution in [0, 0.1) is 5.82 Å². The summed E-state index contributed by atoms with van der Waals surface area (Å²) in [6.45, 7) is 7.96. The molecule has 0 spiro atoms. The van der Waals surface area contributed by atoms with Crippen molar-refractivity contribution in [3.8, 4) is 11.3 Å². The zero-order valence-electron chi connectivity index (χ0n) is 24.2. The highest BCUT2D eigenvalue weighted by molar-refractivity contribution is 6.08. The van der Waals surface area contributed by atoms with Crippen LogP contribution in [0.2, 0.25) is 0 Å². The first-order chi connectivity index (χ1) is 20.2. The molecule has 1 aromatic carbocycles. The molecule has 5 heterocycles. The Morgan fingerprint density at radius 2 is 1.88 bits per heavy atom. The van der Waals surface area contributed by atoms with Crippen LogP contribution in [0.3, 0.4) is 0 Å². The summed E-state index contributed by atoms with van der Waals surface area (Å²) in [6.07, 6.45) is 10.1. The van der Waals surface area contributed by atoms with Crippen LogP contribution in [0.5, 0.6) is 0 Å². The molecule has 7 rings (SSSR count). The topological polar surface area (TPSA) is 99.4 Å². The van der Waals surface area contributed by atoms with Crippen LogP contribution in [0.4, 0.5) is 21.6 Å². The van der Waals surface area contributed by atoms with Crippen LogP contribution in [0.15, 0.2) is 49.1 Å². The fraction of sp³-hybridized carbons (Fsp3) is 0.438. The van der Waals surface area contributed by atoms with Gasteiger partial charge in [0.2, 0.25) is 0 Å². The van der Waals surface area contributed by atoms with Crippen molar-refractivity contribution in [1.29, 1.82) is 0 Å². The van der Waals surface area contributed by atoms with E-state index in [9.17, 15) is 14.3 Å². The van der Waals surface area contributed by atoms with Gasteiger partial charge in [-0.2, -0.15) is 0 Å². The van der Waals surface area contributed by atoms with E-state index in [0.717, 1.165) is 54.4 Å². The van der Waals surface area contributed by atoms with Crippen molar-refractivity contribution in [3.05, 3.63) is 60.4 Å². The predicted molar refractivity (Wildman–Crippen MR) is 160 cm³/mol. The smallest absolute Gasteiger partial charge is 0.263 e. The Balaban J connectivity index is 1.27. The molecule has 10 heteroatoms. The first kappa shape index (κ1) is 27.0. The third-order valence-electron chi connectivity index (χ3n) is 9.21. The van der Waals surface area contributed by atoms with Crippen molar-refractivity contribution >= 4 is 34.1 Å². The van der Waals surface area contributed by atoms with Crippen LogP contribution in [0.1, 0.15) is 64.5 Å². The van der Waals surface area contributed by atoms with Gasteiger partial charge in [0, 0.05) is 35.4 Å². The number of carbonyl (C=O) groups is 1. The summed E-state index contributed by atoms with van der Waals surface area (Å²) in [6, 6.07) is 9.81. The Hall–Kier alpha value is -3.89. The van der Waals surface area contributed by atoms with Crippen molar-refractivity contribution in [2.45, 2.75) is 76.6 Å². The molecule has 42 heavy (non-hydrogen) atoms. The molecule has 218 valence electrons. The Labute approximate surface area is 244 Å². The van der Waals surface area contributed by atoms with E-state index in [1.165, 1.54) is 25.5 Å². The van der Waals surface area contributed by atoms with Crippen LogP contribution in [-0.2, 0) is 10.4 Å². The van der Waals surface area contributed by atoms with Gasteiger partial charge in [-0.15, -0.1) is 0 Å². The van der Waals surface area contributed by atoms with Gasteiger partial charge >= 0.3 is 0 Å². The van der Waals surface area contributed by atoms with E-state index in [4.69, 9.17) is 4.98 Å². The van der Waals surface area contributed by atoms with E-state index < -0.39 is 11.4 Å². The molecular weight excluding hydrogens is 533 g/mol. The number of halogens is 1. The van der Waals surface area contributed by atoms with Gasteiger partial charge in [-0.3, -0.25) is 9.78 Å². The third kappa shape index (κ3) is 4.35. The number of nitrogens with one attached hydrogen (secondary N) is 1. The maximum Gasteiger partial charge on any atom is 0.263 e. The summed E-state index contributed by atoms with van der Waals surface area (Å²) in [7, 11) is 0. The molecule has 2 N–H and O–H groups in total. The lowest BCUT2D eigenvalue weighted by Gasteiger charge is -2.47. The van der Waals surface area contributed by atoms with Crippen LogP contribution in [-0.4, -0.2) is 60.6 Å². The second-order valence-corrected chi connectivity index (χ2v) is 12.3. The summed E-state index contributed by atoms with van der Waals surface area (Å²) < 4.78 is 16.6. The molecule has 4 aromatic rings. The Kier molecular flexibility index (Phi) is 6.51. The summed E-state index contributed by atoms with van der Waals surface area (Å²) >= 11 is 0.